The maximum Gasteiger partial charge on any atom is 0.231 e. The fourth-order valence-electron chi connectivity index (χ4n) is 4.66. The molecule has 1 aromatic heterocycles. The van der Waals surface area contributed by atoms with E-state index in [0.717, 1.165) is 60.6 Å². The van der Waals surface area contributed by atoms with Crippen molar-refractivity contribution < 1.29 is 35.9 Å². The van der Waals surface area contributed by atoms with Gasteiger partial charge in [-0.1, -0.05) is 13.3 Å². The van der Waals surface area contributed by atoms with E-state index in [0.29, 0.717) is 13.6 Å². The van der Waals surface area contributed by atoms with E-state index in [9.17, 15) is 0 Å². The van der Waals surface area contributed by atoms with Crippen molar-refractivity contribution in [1.82, 2.24) is 0 Å². The molecule has 5 nitrogen and oxygen atoms in total. The van der Waals surface area contributed by atoms with Crippen LogP contribution in [0.25, 0.3) is 22.0 Å². The number of hydrogen-bond acceptors (Lipinski definition) is 4. The van der Waals surface area contributed by atoms with Crippen LogP contribution in [0.5, 0.6) is 23.0 Å². The van der Waals surface area contributed by atoms with Crippen molar-refractivity contribution in [3.05, 3.63) is 41.6 Å². The third kappa shape index (κ3) is 2.71. The first kappa shape index (κ1) is 18.4. The number of aryl methyl sites for hydroxylation is 3. The summed E-state index contributed by atoms with van der Waals surface area (Å²) in [6, 6.07) is 8.56. The highest BCUT2D eigenvalue weighted by atomic mass is 35.5. The molecule has 0 radical (unpaired) electrons. The topological polar surface area (TPSA) is 40.8 Å². The minimum Gasteiger partial charge on any atom is -1.00 e. The third-order valence-electron chi connectivity index (χ3n) is 6.02. The lowest BCUT2D eigenvalue weighted by Gasteiger charge is -2.20. The summed E-state index contributed by atoms with van der Waals surface area (Å²) in [4.78, 5) is 0. The molecule has 0 atom stereocenters. The van der Waals surface area contributed by atoms with E-state index >= 15 is 0 Å². The van der Waals surface area contributed by atoms with Crippen molar-refractivity contribution in [2.45, 2.75) is 39.2 Å². The van der Waals surface area contributed by atoms with Gasteiger partial charge in [0.05, 0.1) is 10.9 Å². The van der Waals surface area contributed by atoms with Gasteiger partial charge in [0.15, 0.2) is 35.7 Å². The quantitative estimate of drug-likeness (QED) is 0.606. The summed E-state index contributed by atoms with van der Waals surface area (Å²) in [5.74, 6) is 3.43. The van der Waals surface area contributed by atoms with Crippen molar-refractivity contribution in [3.63, 3.8) is 0 Å². The zero-order valence-corrected chi connectivity index (χ0v) is 17.1. The number of unbranched alkanes of at least 4 members (excludes halogenated alkanes) is 1. The zero-order chi connectivity index (χ0) is 18.7. The molecule has 6 rings (SSSR count). The largest absolute Gasteiger partial charge is 1.00 e. The lowest BCUT2D eigenvalue weighted by Crippen LogP contribution is -3.00. The van der Waals surface area contributed by atoms with Gasteiger partial charge in [0.25, 0.3) is 0 Å². The van der Waals surface area contributed by atoms with Crippen LogP contribution >= 0.6 is 0 Å². The number of pyridine rings is 1. The smallest absolute Gasteiger partial charge is 0.231 e. The van der Waals surface area contributed by atoms with Crippen LogP contribution in [-0.4, -0.2) is 13.6 Å². The first-order valence-electron chi connectivity index (χ1n) is 10.0. The molecule has 0 saturated carbocycles. The number of ether oxygens (including phenoxy) is 4. The number of rotatable bonds is 3. The van der Waals surface area contributed by atoms with Gasteiger partial charge in [-0.2, -0.15) is 4.57 Å². The van der Waals surface area contributed by atoms with Crippen LogP contribution < -0.4 is 35.9 Å². The first-order chi connectivity index (χ1) is 13.8. The second-order valence-corrected chi connectivity index (χ2v) is 7.63. The Bertz CT molecular complexity index is 1130. The Morgan fingerprint density at radius 1 is 0.931 bits per heavy atom. The summed E-state index contributed by atoms with van der Waals surface area (Å²) < 4.78 is 25.1. The highest BCUT2D eigenvalue weighted by Gasteiger charge is 2.32. The number of aromatic nitrogens is 1. The molecule has 4 heterocycles. The molecule has 0 amide bonds. The van der Waals surface area contributed by atoms with Gasteiger partial charge >= 0.3 is 0 Å². The Kier molecular flexibility index (Phi) is 4.43. The summed E-state index contributed by atoms with van der Waals surface area (Å²) in [5.41, 5.74) is 5.29. The number of halogens is 1. The monoisotopic (exact) mass is 411 g/mol. The van der Waals surface area contributed by atoms with E-state index in [1.165, 1.54) is 27.8 Å². The van der Waals surface area contributed by atoms with Gasteiger partial charge < -0.3 is 31.4 Å². The van der Waals surface area contributed by atoms with Gasteiger partial charge in [0.1, 0.15) is 0 Å². The van der Waals surface area contributed by atoms with E-state index in [1.807, 2.05) is 6.07 Å². The zero-order valence-electron chi connectivity index (χ0n) is 16.3. The lowest BCUT2D eigenvalue weighted by atomic mass is 9.89. The van der Waals surface area contributed by atoms with Crippen molar-refractivity contribution in [2.24, 2.45) is 0 Å². The Morgan fingerprint density at radius 3 is 2.59 bits per heavy atom. The Labute approximate surface area is 175 Å². The molecule has 3 aromatic rings. The van der Waals surface area contributed by atoms with Gasteiger partial charge in [0.2, 0.25) is 19.3 Å². The fraction of sp³-hybridized carbons (Fsp3) is 0.348. The van der Waals surface area contributed by atoms with Crippen LogP contribution in [-0.2, 0) is 19.4 Å². The highest BCUT2D eigenvalue weighted by molar-refractivity contribution is 5.95. The summed E-state index contributed by atoms with van der Waals surface area (Å²) in [6.45, 7) is 3.79. The van der Waals surface area contributed by atoms with Gasteiger partial charge in [-0.25, -0.2) is 0 Å². The minimum absolute atomic E-state index is 0. The van der Waals surface area contributed by atoms with Gasteiger partial charge in [-0.3, -0.25) is 0 Å². The summed E-state index contributed by atoms with van der Waals surface area (Å²) >= 11 is 0. The summed E-state index contributed by atoms with van der Waals surface area (Å²) in [5, 5.41) is 2.41. The van der Waals surface area contributed by atoms with Crippen LogP contribution in [0.4, 0.5) is 0 Å². The molecular formula is C23H22ClNO4. The standard InChI is InChI=1S/C23H22NO4.ClH/c1-2-3-4-16-15-5-6-19-23(28-13-25-19)18(15)11-24-8-7-14-9-20-21(27-12-26-20)10-17(14)22(16)24;/h5-6,9-11H,2-4,7-8,12-13H2,1H3;1H/q+1;/p-1. The second-order valence-electron chi connectivity index (χ2n) is 7.63. The summed E-state index contributed by atoms with van der Waals surface area (Å²) in [7, 11) is 0. The second kappa shape index (κ2) is 6.99. The molecule has 0 bridgehead atoms. The molecule has 29 heavy (non-hydrogen) atoms. The molecule has 6 heteroatoms. The number of nitrogens with zero attached hydrogens (tertiary/aromatic N) is 1. The molecule has 3 aliphatic rings. The van der Waals surface area contributed by atoms with E-state index in [-0.39, 0.29) is 12.4 Å². The minimum atomic E-state index is 0. The first-order valence-corrected chi connectivity index (χ1v) is 10.0. The van der Waals surface area contributed by atoms with E-state index < -0.39 is 0 Å². The van der Waals surface area contributed by atoms with Crippen LogP contribution in [0.3, 0.4) is 0 Å². The van der Waals surface area contributed by atoms with Crippen molar-refractivity contribution in [1.29, 1.82) is 0 Å². The third-order valence-corrected chi connectivity index (χ3v) is 6.02. The molecule has 2 aromatic carbocycles. The van der Waals surface area contributed by atoms with Crippen molar-refractivity contribution >= 4 is 10.8 Å². The molecule has 0 fully saturated rings. The number of fused-ring (bicyclic) bond motifs is 7. The van der Waals surface area contributed by atoms with Gasteiger partial charge in [0, 0.05) is 17.4 Å². The lowest BCUT2D eigenvalue weighted by molar-refractivity contribution is -0.686. The van der Waals surface area contributed by atoms with Gasteiger partial charge in [-0.05, 0) is 42.7 Å². The van der Waals surface area contributed by atoms with Crippen molar-refractivity contribution in [2.75, 3.05) is 13.6 Å². The molecular weight excluding hydrogens is 390 g/mol. The van der Waals surface area contributed by atoms with Crippen LogP contribution in [0, 0.1) is 0 Å². The van der Waals surface area contributed by atoms with E-state index in [2.05, 4.69) is 35.9 Å². The number of benzene rings is 2. The van der Waals surface area contributed by atoms with Crippen LogP contribution in [0.2, 0.25) is 0 Å². The molecule has 150 valence electrons. The van der Waals surface area contributed by atoms with Gasteiger partial charge in [-0.15, -0.1) is 0 Å². The van der Waals surface area contributed by atoms with E-state index in [4.69, 9.17) is 18.9 Å². The Hall–Kier alpha value is -2.66. The molecule has 0 aliphatic carbocycles. The predicted octanol–water partition coefficient (Wildman–Crippen LogP) is 1.15. The highest BCUT2D eigenvalue weighted by Crippen LogP contribution is 2.44. The fourth-order valence-corrected chi connectivity index (χ4v) is 4.66. The summed E-state index contributed by atoms with van der Waals surface area (Å²) in [6.07, 6.45) is 6.57. The van der Waals surface area contributed by atoms with Crippen LogP contribution in [0.1, 0.15) is 30.9 Å². The molecule has 0 spiro atoms. The number of hydrogen-bond donors (Lipinski definition) is 0. The maximum atomic E-state index is 5.82. The molecule has 0 unspecified atom stereocenters. The van der Waals surface area contributed by atoms with Crippen LogP contribution in [0.15, 0.2) is 30.5 Å². The molecule has 0 N–H and O–H groups in total. The Morgan fingerprint density at radius 2 is 1.72 bits per heavy atom. The average Bonchev–Trinajstić information content (AvgIpc) is 3.38. The normalized spacial score (nSPS) is 15.1. The SMILES string of the molecule is CCCCc1c2[n+](cc3c4c(ccc13)OCO4)CCc1cc3c(cc1-2)OCO3.[Cl-]. The average molecular weight is 412 g/mol. The molecule has 0 saturated heterocycles. The predicted molar refractivity (Wildman–Crippen MR) is 104 cm³/mol. The van der Waals surface area contributed by atoms with Crippen molar-refractivity contribution in [3.8, 4) is 34.3 Å². The molecule has 3 aliphatic heterocycles. The Balaban J connectivity index is 0.00000181. The maximum absolute atomic E-state index is 5.82. The van der Waals surface area contributed by atoms with E-state index in [1.54, 1.807) is 0 Å².